The predicted molar refractivity (Wildman–Crippen MR) is 44.9 cm³/mol. The van der Waals surface area contributed by atoms with Gasteiger partial charge in [0.2, 0.25) is 5.91 Å². The van der Waals surface area contributed by atoms with E-state index in [9.17, 15) is 4.79 Å². The summed E-state index contributed by atoms with van der Waals surface area (Å²) in [5, 5.41) is 0. The highest BCUT2D eigenvalue weighted by atomic mass is 16.1. The van der Waals surface area contributed by atoms with Crippen molar-refractivity contribution in [3.63, 3.8) is 0 Å². The Balaban J connectivity index is 2.85. The number of primary amides is 1. The molecule has 11 heavy (non-hydrogen) atoms. The van der Waals surface area contributed by atoms with Crippen LogP contribution in [0.1, 0.15) is 40.0 Å². The number of nitrogens with two attached hydrogens (primary N) is 1. The van der Waals surface area contributed by atoms with Gasteiger partial charge in [-0.25, -0.2) is 0 Å². The van der Waals surface area contributed by atoms with Crippen LogP contribution in [0.2, 0.25) is 0 Å². The lowest BCUT2D eigenvalue weighted by Gasteiger charge is -2.49. The molecule has 0 aliphatic heterocycles. The van der Waals surface area contributed by atoms with Crippen LogP contribution in [0.5, 0.6) is 0 Å². The van der Waals surface area contributed by atoms with Crippen molar-refractivity contribution in [3.05, 3.63) is 0 Å². The zero-order valence-electron chi connectivity index (χ0n) is 7.61. The number of rotatable bonds is 1. The van der Waals surface area contributed by atoms with Crippen LogP contribution in [-0.4, -0.2) is 5.91 Å². The van der Waals surface area contributed by atoms with Gasteiger partial charge in [-0.2, -0.15) is 0 Å². The fraction of sp³-hybridized carbons (Fsp3) is 0.889. The summed E-state index contributed by atoms with van der Waals surface area (Å²) in [6.07, 6.45) is 3.11. The van der Waals surface area contributed by atoms with Gasteiger partial charge in [-0.15, -0.1) is 0 Å². The minimum Gasteiger partial charge on any atom is -0.369 e. The lowest BCUT2D eigenvalue weighted by atomic mass is 9.54. The smallest absolute Gasteiger partial charge is 0.224 e. The van der Waals surface area contributed by atoms with Crippen LogP contribution in [0.3, 0.4) is 0 Å². The second kappa shape index (κ2) is 2.23. The highest BCUT2D eigenvalue weighted by Gasteiger charge is 2.51. The number of amides is 1. The lowest BCUT2D eigenvalue weighted by molar-refractivity contribution is -0.142. The van der Waals surface area contributed by atoms with Crippen LogP contribution in [-0.2, 0) is 4.79 Å². The van der Waals surface area contributed by atoms with Crippen LogP contribution < -0.4 is 5.73 Å². The Bertz CT molecular complexity index is 174. The van der Waals surface area contributed by atoms with E-state index in [1.807, 2.05) is 0 Å². The summed E-state index contributed by atoms with van der Waals surface area (Å²) in [6.45, 7) is 6.28. The molecule has 2 nitrogen and oxygen atoms in total. The fourth-order valence-electron chi connectivity index (χ4n) is 1.90. The summed E-state index contributed by atoms with van der Waals surface area (Å²) < 4.78 is 0. The SMILES string of the molecule is CC(C)(C)C1(C(N)=O)CCC1. The van der Waals surface area contributed by atoms with Crippen molar-refractivity contribution in [3.8, 4) is 0 Å². The Labute approximate surface area is 68.2 Å². The second-order valence-corrected chi connectivity index (χ2v) is 4.55. The third-order valence-corrected chi connectivity index (χ3v) is 3.11. The van der Waals surface area contributed by atoms with Crippen LogP contribution in [0.4, 0.5) is 0 Å². The van der Waals surface area contributed by atoms with Crippen molar-refractivity contribution >= 4 is 5.91 Å². The second-order valence-electron chi connectivity index (χ2n) is 4.55. The fourth-order valence-corrected chi connectivity index (χ4v) is 1.90. The largest absolute Gasteiger partial charge is 0.369 e. The molecule has 0 unspecified atom stereocenters. The summed E-state index contributed by atoms with van der Waals surface area (Å²) in [5.74, 6) is -0.115. The summed E-state index contributed by atoms with van der Waals surface area (Å²) in [4.78, 5) is 11.2. The van der Waals surface area contributed by atoms with Gasteiger partial charge in [0.1, 0.15) is 0 Å². The average Bonchev–Trinajstić information content (AvgIpc) is 1.52. The van der Waals surface area contributed by atoms with Crippen molar-refractivity contribution < 1.29 is 4.79 Å². The normalized spacial score (nSPS) is 22.5. The Hall–Kier alpha value is -0.530. The van der Waals surface area contributed by atoms with Gasteiger partial charge in [0.25, 0.3) is 0 Å². The third kappa shape index (κ3) is 1.05. The number of carbonyl (C=O) groups excluding carboxylic acids is 1. The van der Waals surface area contributed by atoms with Crippen molar-refractivity contribution in [2.24, 2.45) is 16.6 Å². The van der Waals surface area contributed by atoms with Crippen LogP contribution in [0.25, 0.3) is 0 Å². The number of hydrogen-bond donors (Lipinski definition) is 1. The molecular formula is C9H17NO. The highest BCUT2D eigenvalue weighted by Crippen LogP contribution is 2.53. The first-order valence-electron chi connectivity index (χ1n) is 4.20. The quantitative estimate of drug-likeness (QED) is 0.615. The molecule has 0 aromatic rings. The van der Waals surface area contributed by atoms with Gasteiger partial charge in [0.05, 0.1) is 5.41 Å². The summed E-state index contributed by atoms with van der Waals surface area (Å²) in [6, 6.07) is 0. The number of carbonyl (C=O) groups is 1. The molecule has 0 spiro atoms. The van der Waals surface area contributed by atoms with Crippen molar-refractivity contribution in [1.82, 2.24) is 0 Å². The maximum atomic E-state index is 11.2. The van der Waals surface area contributed by atoms with Gasteiger partial charge >= 0.3 is 0 Å². The molecule has 2 heteroatoms. The Morgan fingerprint density at radius 3 is 1.82 bits per heavy atom. The first-order valence-corrected chi connectivity index (χ1v) is 4.20. The lowest BCUT2D eigenvalue weighted by Crippen LogP contribution is -2.51. The molecule has 0 aromatic carbocycles. The molecule has 0 bridgehead atoms. The molecule has 2 N–H and O–H groups in total. The van der Waals surface area contributed by atoms with Gasteiger partial charge in [0, 0.05) is 0 Å². The zero-order chi connectivity index (χ0) is 8.70. The average molecular weight is 155 g/mol. The minimum absolute atomic E-state index is 0.0388. The maximum Gasteiger partial charge on any atom is 0.224 e. The molecule has 1 aliphatic carbocycles. The van der Waals surface area contributed by atoms with Crippen LogP contribution in [0.15, 0.2) is 0 Å². The van der Waals surface area contributed by atoms with Gasteiger partial charge in [-0.3, -0.25) is 4.79 Å². The molecule has 64 valence electrons. The minimum atomic E-state index is -0.201. The molecule has 1 aliphatic rings. The van der Waals surface area contributed by atoms with E-state index in [-0.39, 0.29) is 16.7 Å². The van der Waals surface area contributed by atoms with Crippen LogP contribution in [0, 0.1) is 10.8 Å². The standard InChI is InChI=1S/C9H17NO/c1-8(2,3)9(7(10)11)5-4-6-9/h4-6H2,1-3H3,(H2,10,11). The molecule has 0 heterocycles. The van der Waals surface area contributed by atoms with Gasteiger partial charge in [0.15, 0.2) is 0 Å². The monoisotopic (exact) mass is 155 g/mol. The Morgan fingerprint density at radius 2 is 1.82 bits per heavy atom. The molecule has 1 rings (SSSR count). The van der Waals surface area contributed by atoms with E-state index in [0.717, 1.165) is 19.3 Å². The summed E-state index contributed by atoms with van der Waals surface area (Å²) in [7, 11) is 0. The third-order valence-electron chi connectivity index (χ3n) is 3.11. The summed E-state index contributed by atoms with van der Waals surface area (Å²) >= 11 is 0. The molecule has 0 atom stereocenters. The van der Waals surface area contributed by atoms with Gasteiger partial charge in [-0.1, -0.05) is 27.2 Å². The molecular weight excluding hydrogens is 138 g/mol. The van der Waals surface area contributed by atoms with Crippen molar-refractivity contribution in [2.45, 2.75) is 40.0 Å². The first kappa shape index (κ1) is 8.57. The molecule has 1 fully saturated rings. The van der Waals surface area contributed by atoms with Crippen LogP contribution >= 0.6 is 0 Å². The number of hydrogen-bond acceptors (Lipinski definition) is 1. The van der Waals surface area contributed by atoms with E-state index in [0.29, 0.717) is 0 Å². The molecule has 0 aromatic heterocycles. The maximum absolute atomic E-state index is 11.2. The van der Waals surface area contributed by atoms with E-state index in [1.54, 1.807) is 0 Å². The van der Waals surface area contributed by atoms with Crippen molar-refractivity contribution in [1.29, 1.82) is 0 Å². The molecule has 1 amide bonds. The Kier molecular flexibility index (Phi) is 1.73. The van der Waals surface area contributed by atoms with Gasteiger partial charge in [-0.05, 0) is 18.3 Å². The van der Waals surface area contributed by atoms with Gasteiger partial charge < -0.3 is 5.73 Å². The van der Waals surface area contributed by atoms with E-state index in [2.05, 4.69) is 20.8 Å². The van der Waals surface area contributed by atoms with E-state index < -0.39 is 0 Å². The zero-order valence-corrected chi connectivity index (χ0v) is 7.61. The molecule has 1 saturated carbocycles. The molecule has 0 saturated heterocycles. The highest BCUT2D eigenvalue weighted by molar-refractivity contribution is 5.82. The predicted octanol–water partition coefficient (Wildman–Crippen LogP) is 1.69. The van der Waals surface area contributed by atoms with E-state index >= 15 is 0 Å². The van der Waals surface area contributed by atoms with E-state index in [1.165, 1.54) is 0 Å². The Morgan fingerprint density at radius 1 is 1.36 bits per heavy atom. The first-order chi connectivity index (χ1) is 4.90. The summed E-state index contributed by atoms with van der Waals surface area (Å²) in [5.41, 5.74) is 5.22. The van der Waals surface area contributed by atoms with Crippen molar-refractivity contribution in [2.75, 3.05) is 0 Å². The molecule has 0 radical (unpaired) electrons. The van der Waals surface area contributed by atoms with E-state index in [4.69, 9.17) is 5.73 Å². The topological polar surface area (TPSA) is 43.1 Å².